The zero-order valence-electron chi connectivity index (χ0n) is 16.9. The number of amides is 2. The minimum atomic E-state index is -3.73. The fourth-order valence-corrected chi connectivity index (χ4v) is 4.77. The third-order valence-corrected chi connectivity index (χ3v) is 6.01. The van der Waals surface area contributed by atoms with Gasteiger partial charge in [-0.2, -0.15) is 0 Å². The summed E-state index contributed by atoms with van der Waals surface area (Å²) >= 11 is 0. The average molecular weight is 411 g/mol. The van der Waals surface area contributed by atoms with Gasteiger partial charge in [-0.15, -0.1) is 0 Å². The van der Waals surface area contributed by atoms with E-state index in [1.165, 1.54) is 12.1 Å². The number of primary sulfonamides is 1. The number of carbonyl (C=O) groups excluding carboxylic acids is 2. The van der Waals surface area contributed by atoms with E-state index in [0.717, 1.165) is 5.56 Å². The molecule has 0 atom stereocenters. The molecule has 0 aromatic heterocycles. The van der Waals surface area contributed by atoms with Crippen molar-refractivity contribution in [3.63, 3.8) is 0 Å². The van der Waals surface area contributed by atoms with Gasteiger partial charge in [-0.3, -0.25) is 9.59 Å². The second-order valence-corrected chi connectivity index (χ2v) is 10.2. The van der Waals surface area contributed by atoms with Gasteiger partial charge in [0, 0.05) is 23.7 Å². The topological polar surface area (TPSA) is 136 Å². The first-order valence-corrected chi connectivity index (χ1v) is 10.8. The van der Waals surface area contributed by atoms with Crippen LogP contribution in [0, 0.1) is 0 Å². The number of nitrogens with two attached hydrogens (primary N) is 2. The Labute approximate surface area is 166 Å². The highest BCUT2D eigenvalue weighted by molar-refractivity contribution is 7.89. The molecule has 1 aromatic rings. The predicted molar refractivity (Wildman–Crippen MR) is 107 cm³/mol. The van der Waals surface area contributed by atoms with Gasteiger partial charge >= 0.3 is 11.8 Å². The van der Waals surface area contributed by atoms with E-state index in [-0.39, 0.29) is 17.5 Å². The van der Waals surface area contributed by atoms with Crippen molar-refractivity contribution in [1.29, 1.82) is 0 Å². The minimum absolute atomic E-state index is 0.0163. The van der Waals surface area contributed by atoms with Crippen LogP contribution < -0.4 is 16.2 Å². The fourth-order valence-electron chi connectivity index (χ4n) is 4.25. The van der Waals surface area contributed by atoms with Crippen LogP contribution in [0.25, 0.3) is 0 Å². The van der Waals surface area contributed by atoms with E-state index in [1.54, 1.807) is 17.0 Å². The van der Waals surface area contributed by atoms with E-state index in [2.05, 4.69) is 5.32 Å². The molecule has 1 aromatic carbocycles. The summed E-state index contributed by atoms with van der Waals surface area (Å²) < 4.78 is 22.5. The zero-order chi connectivity index (χ0) is 21.3. The van der Waals surface area contributed by atoms with E-state index in [1.807, 2.05) is 27.7 Å². The summed E-state index contributed by atoms with van der Waals surface area (Å²) in [5.41, 5.74) is 5.92. The van der Waals surface area contributed by atoms with Gasteiger partial charge in [-0.1, -0.05) is 12.1 Å². The highest BCUT2D eigenvalue weighted by Crippen LogP contribution is 2.37. The molecule has 1 heterocycles. The quantitative estimate of drug-likeness (QED) is 0.621. The molecule has 2 rings (SSSR count). The molecule has 1 aliphatic heterocycles. The second kappa shape index (κ2) is 7.81. The number of hydrogen-bond donors (Lipinski definition) is 3. The summed E-state index contributed by atoms with van der Waals surface area (Å²) in [5.74, 6) is -1.22. The maximum absolute atomic E-state index is 12.8. The number of piperidine rings is 1. The third-order valence-electron chi connectivity index (χ3n) is 5.08. The van der Waals surface area contributed by atoms with Gasteiger partial charge in [0.05, 0.1) is 4.90 Å². The molecule has 1 saturated heterocycles. The van der Waals surface area contributed by atoms with Crippen LogP contribution in [0.3, 0.4) is 0 Å². The van der Waals surface area contributed by atoms with Crippen molar-refractivity contribution >= 4 is 21.8 Å². The van der Waals surface area contributed by atoms with Gasteiger partial charge in [0.2, 0.25) is 10.0 Å². The molecule has 5 N–H and O–H groups in total. The normalized spacial score (nSPS) is 19.3. The summed E-state index contributed by atoms with van der Waals surface area (Å²) in [4.78, 5) is 26.9. The first kappa shape index (κ1) is 22.3. The Balaban J connectivity index is 1.98. The van der Waals surface area contributed by atoms with Gasteiger partial charge < -0.3 is 16.0 Å². The molecule has 0 bridgehead atoms. The molecule has 0 spiro atoms. The molecular formula is C19H30N4O4S. The summed E-state index contributed by atoms with van der Waals surface area (Å²) in [6.45, 7) is 7.95. The Morgan fingerprint density at radius 2 is 1.61 bits per heavy atom. The number of benzene rings is 1. The highest BCUT2D eigenvalue weighted by Gasteiger charge is 2.48. The Morgan fingerprint density at radius 1 is 1.11 bits per heavy atom. The average Bonchev–Trinajstić information content (AvgIpc) is 2.51. The molecule has 1 fully saturated rings. The van der Waals surface area contributed by atoms with Gasteiger partial charge in [0.25, 0.3) is 0 Å². The summed E-state index contributed by atoms with van der Waals surface area (Å²) in [6.07, 6.45) is 1.72. The Hall–Kier alpha value is -1.97. The third kappa shape index (κ3) is 5.09. The SMILES string of the molecule is CC1(C)CC(N)CC(C)(C)N1C(=O)C(=O)NCCc1ccc(S(N)(=O)=O)cc1. The first-order valence-electron chi connectivity index (χ1n) is 9.24. The number of likely N-dealkylation sites (tertiary alicyclic amines) is 1. The Kier molecular flexibility index (Phi) is 6.22. The van der Waals surface area contributed by atoms with Gasteiger partial charge in [0.15, 0.2) is 0 Å². The van der Waals surface area contributed by atoms with Crippen LogP contribution in [0.1, 0.15) is 46.1 Å². The van der Waals surface area contributed by atoms with E-state index >= 15 is 0 Å². The van der Waals surface area contributed by atoms with E-state index < -0.39 is 32.9 Å². The maximum Gasteiger partial charge on any atom is 0.312 e. The number of carbonyl (C=O) groups is 2. The maximum atomic E-state index is 12.8. The lowest BCUT2D eigenvalue weighted by molar-refractivity contribution is -0.159. The Bertz CT molecular complexity index is 829. The summed E-state index contributed by atoms with van der Waals surface area (Å²) in [5, 5.41) is 7.72. The monoisotopic (exact) mass is 410 g/mol. The van der Waals surface area contributed by atoms with Gasteiger partial charge in [-0.25, -0.2) is 13.6 Å². The lowest BCUT2D eigenvalue weighted by atomic mass is 9.77. The van der Waals surface area contributed by atoms with Crippen molar-refractivity contribution in [2.45, 2.75) is 69.0 Å². The van der Waals surface area contributed by atoms with Crippen LogP contribution in [0.4, 0.5) is 0 Å². The number of sulfonamides is 1. The van der Waals surface area contributed by atoms with Crippen LogP contribution in [-0.2, 0) is 26.0 Å². The van der Waals surface area contributed by atoms with Crippen molar-refractivity contribution in [2.75, 3.05) is 6.54 Å². The van der Waals surface area contributed by atoms with Crippen molar-refractivity contribution in [3.8, 4) is 0 Å². The molecule has 8 nitrogen and oxygen atoms in total. The standard InChI is InChI=1S/C19H30N4O4S/c1-18(2)11-14(20)12-19(3,4)23(18)17(25)16(24)22-10-9-13-5-7-15(8-6-13)28(21,26)27/h5-8,14H,9-12,20H2,1-4H3,(H,22,24)(H2,21,26,27). The first-order chi connectivity index (χ1) is 12.7. The van der Waals surface area contributed by atoms with Gasteiger partial charge in [0.1, 0.15) is 0 Å². The van der Waals surface area contributed by atoms with Gasteiger partial charge in [-0.05, 0) is 64.7 Å². The molecule has 2 amide bonds. The van der Waals surface area contributed by atoms with Crippen LogP contribution in [0.2, 0.25) is 0 Å². The minimum Gasteiger partial charge on any atom is -0.347 e. The lowest BCUT2D eigenvalue weighted by Crippen LogP contribution is -2.67. The smallest absolute Gasteiger partial charge is 0.312 e. The van der Waals surface area contributed by atoms with Crippen LogP contribution in [0.15, 0.2) is 29.2 Å². The molecule has 0 saturated carbocycles. The molecule has 0 radical (unpaired) electrons. The van der Waals surface area contributed by atoms with Crippen molar-refractivity contribution in [1.82, 2.24) is 10.2 Å². The largest absolute Gasteiger partial charge is 0.347 e. The number of rotatable bonds is 4. The molecular weight excluding hydrogens is 380 g/mol. The summed E-state index contributed by atoms with van der Waals surface area (Å²) in [7, 11) is -3.73. The highest BCUT2D eigenvalue weighted by atomic mass is 32.2. The molecule has 9 heteroatoms. The predicted octanol–water partition coefficient (Wildman–Crippen LogP) is 0.500. The van der Waals surface area contributed by atoms with Crippen LogP contribution in [-0.4, -0.2) is 48.8 Å². The Morgan fingerprint density at radius 3 is 2.07 bits per heavy atom. The molecule has 1 aliphatic rings. The summed E-state index contributed by atoms with van der Waals surface area (Å²) in [6, 6.07) is 6.08. The van der Waals surface area contributed by atoms with E-state index in [0.29, 0.717) is 19.3 Å². The lowest BCUT2D eigenvalue weighted by Gasteiger charge is -2.54. The van der Waals surface area contributed by atoms with E-state index in [4.69, 9.17) is 10.9 Å². The molecule has 156 valence electrons. The molecule has 0 unspecified atom stereocenters. The molecule has 28 heavy (non-hydrogen) atoms. The molecule has 0 aliphatic carbocycles. The fraction of sp³-hybridized carbons (Fsp3) is 0.579. The van der Waals surface area contributed by atoms with E-state index in [9.17, 15) is 18.0 Å². The van der Waals surface area contributed by atoms with Crippen molar-refractivity contribution in [2.24, 2.45) is 10.9 Å². The zero-order valence-corrected chi connectivity index (χ0v) is 17.7. The number of nitrogens with zero attached hydrogens (tertiary/aromatic N) is 1. The number of nitrogens with one attached hydrogen (secondary N) is 1. The van der Waals surface area contributed by atoms with Crippen LogP contribution in [0.5, 0.6) is 0 Å². The van der Waals surface area contributed by atoms with Crippen molar-refractivity contribution in [3.05, 3.63) is 29.8 Å². The number of hydrogen-bond acceptors (Lipinski definition) is 5. The van der Waals surface area contributed by atoms with Crippen LogP contribution >= 0.6 is 0 Å². The van der Waals surface area contributed by atoms with Crippen molar-refractivity contribution < 1.29 is 18.0 Å². The second-order valence-electron chi connectivity index (χ2n) is 8.63.